The zero-order valence-corrected chi connectivity index (χ0v) is 17.3. The minimum Gasteiger partial charge on any atom is -0.462 e. The molecule has 4 nitrogen and oxygen atoms in total. The number of carbonyl (C=O) groups is 1. The molecule has 0 bridgehead atoms. The summed E-state index contributed by atoms with van der Waals surface area (Å²) in [7, 11) is 0. The Morgan fingerprint density at radius 3 is 2.60 bits per heavy atom. The van der Waals surface area contributed by atoms with Gasteiger partial charge in [0.1, 0.15) is 11.9 Å². The van der Waals surface area contributed by atoms with Crippen LogP contribution in [0.1, 0.15) is 50.3 Å². The molecule has 1 aromatic heterocycles. The predicted octanol–water partition coefficient (Wildman–Crippen LogP) is 5.16. The lowest BCUT2D eigenvalue weighted by molar-refractivity contribution is -0.160. The molecule has 30 heavy (non-hydrogen) atoms. The molecular formula is C25H26FNO3. The van der Waals surface area contributed by atoms with E-state index >= 15 is 0 Å². The lowest BCUT2D eigenvalue weighted by Gasteiger charge is -2.27. The number of esters is 1. The summed E-state index contributed by atoms with van der Waals surface area (Å²) in [4.78, 5) is 16.7. The largest absolute Gasteiger partial charge is 0.462 e. The Labute approximate surface area is 175 Å². The number of hydrogen-bond donors (Lipinski definition) is 1. The quantitative estimate of drug-likeness (QED) is 0.593. The molecule has 1 aliphatic rings. The lowest BCUT2D eigenvalue weighted by atomic mass is 9.87. The fraction of sp³-hybridized carbons (Fsp3) is 0.360. The molecule has 3 aromatic rings. The molecule has 0 radical (unpaired) electrons. The van der Waals surface area contributed by atoms with Gasteiger partial charge < -0.3 is 9.84 Å². The molecule has 1 saturated heterocycles. The van der Waals surface area contributed by atoms with E-state index in [1.807, 2.05) is 24.3 Å². The minimum atomic E-state index is -0.646. The molecule has 1 aliphatic heterocycles. The molecule has 2 atom stereocenters. The van der Waals surface area contributed by atoms with Crippen molar-refractivity contribution < 1.29 is 19.0 Å². The highest BCUT2D eigenvalue weighted by molar-refractivity contribution is 5.96. The average molecular weight is 407 g/mol. The number of hydrogen-bond acceptors (Lipinski definition) is 4. The Hall–Kier alpha value is -2.79. The number of aromatic nitrogens is 1. The molecule has 0 aliphatic carbocycles. The number of ether oxygens (including phenoxy) is 1. The van der Waals surface area contributed by atoms with E-state index in [0.29, 0.717) is 19.3 Å². The normalized spacial score (nSPS) is 19.3. The van der Waals surface area contributed by atoms with Crippen LogP contribution < -0.4 is 0 Å². The molecule has 2 aromatic carbocycles. The fourth-order valence-electron chi connectivity index (χ4n) is 4.29. The van der Waals surface area contributed by atoms with Crippen molar-refractivity contribution in [3.05, 3.63) is 65.6 Å². The van der Waals surface area contributed by atoms with E-state index < -0.39 is 6.10 Å². The first-order valence-corrected chi connectivity index (χ1v) is 10.5. The number of carbonyl (C=O) groups excluding carboxylic acids is 1. The van der Waals surface area contributed by atoms with Crippen LogP contribution in [0.4, 0.5) is 4.39 Å². The molecule has 0 spiro atoms. The fourth-order valence-corrected chi connectivity index (χ4v) is 4.29. The first-order chi connectivity index (χ1) is 14.4. The molecule has 0 unspecified atom stereocenters. The Kier molecular flexibility index (Phi) is 5.82. The Morgan fingerprint density at radius 1 is 1.17 bits per heavy atom. The van der Waals surface area contributed by atoms with Gasteiger partial charge in [0.15, 0.2) is 0 Å². The van der Waals surface area contributed by atoms with Crippen LogP contribution in [0.3, 0.4) is 0 Å². The predicted molar refractivity (Wildman–Crippen MR) is 115 cm³/mol. The number of pyridine rings is 1. The first kappa shape index (κ1) is 20.5. The molecule has 1 N–H and O–H groups in total. The molecule has 5 heteroatoms. The zero-order valence-electron chi connectivity index (χ0n) is 17.3. The van der Waals surface area contributed by atoms with Crippen LogP contribution in [-0.4, -0.2) is 28.3 Å². The Bertz CT molecular complexity index is 1060. The summed E-state index contributed by atoms with van der Waals surface area (Å²) in [5.74, 6) is -0.424. The van der Waals surface area contributed by atoms with Crippen LogP contribution in [-0.2, 0) is 16.0 Å². The third-order valence-corrected chi connectivity index (χ3v) is 5.66. The van der Waals surface area contributed by atoms with E-state index in [0.717, 1.165) is 33.3 Å². The van der Waals surface area contributed by atoms with E-state index in [-0.39, 0.29) is 30.2 Å². The van der Waals surface area contributed by atoms with Crippen molar-refractivity contribution in [3.8, 4) is 11.1 Å². The van der Waals surface area contributed by atoms with Gasteiger partial charge in [-0.1, -0.05) is 44.2 Å². The number of benzene rings is 2. The molecule has 4 rings (SSSR count). The summed E-state index contributed by atoms with van der Waals surface area (Å²) in [6, 6.07) is 14.5. The van der Waals surface area contributed by atoms with Gasteiger partial charge in [-0.25, -0.2) is 4.39 Å². The summed E-state index contributed by atoms with van der Waals surface area (Å²) in [5.41, 5.74) is 4.98. The number of fused-ring (bicyclic) bond motifs is 1. The van der Waals surface area contributed by atoms with E-state index in [9.17, 15) is 14.3 Å². The van der Waals surface area contributed by atoms with Gasteiger partial charge in [0, 0.05) is 17.5 Å². The number of cyclic esters (lactones) is 1. The van der Waals surface area contributed by atoms with Crippen LogP contribution in [0.2, 0.25) is 0 Å². The monoisotopic (exact) mass is 407 g/mol. The summed E-state index contributed by atoms with van der Waals surface area (Å²) in [6.07, 6.45) is 0.821. The van der Waals surface area contributed by atoms with Gasteiger partial charge in [-0.2, -0.15) is 0 Å². The Morgan fingerprint density at radius 2 is 1.90 bits per heavy atom. The number of para-hydroxylation sites is 1. The van der Waals surface area contributed by atoms with E-state index in [1.54, 1.807) is 12.1 Å². The summed E-state index contributed by atoms with van der Waals surface area (Å²) in [5, 5.41) is 11.0. The van der Waals surface area contributed by atoms with Gasteiger partial charge in [0.05, 0.1) is 18.0 Å². The topological polar surface area (TPSA) is 59.4 Å². The van der Waals surface area contributed by atoms with E-state index in [2.05, 4.69) is 13.8 Å². The maximum atomic E-state index is 13.6. The third-order valence-electron chi connectivity index (χ3n) is 5.66. The maximum absolute atomic E-state index is 13.6. The molecule has 0 amide bonds. The number of rotatable bonds is 5. The summed E-state index contributed by atoms with van der Waals surface area (Å²) >= 11 is 0. The van der Waals surface area contributed by atoms with Crippen LogP contribution in [0.5, 0.6) is 0 Å². The minimum absolute atomic E-state index is 0.0616. The third kappa shape index (κ3) is 4.21. The number of aliphatic hydroxyl groups excluding tert-OH is 1. The van der Waals surface area contributed by atoms with Crippen molar-refractivity contribution in [1.82, 2.24) is 4.98 Å². The number of aliphatic hydroxyl groups is 1. The molecule has 156 valence electrons. The molecule has 1 fully saturated rings. The van der Waals surface area contributed by atoms with Crippen LogP contribution in [0, 0.1) is 5.82 Å². The summed E-state index contributed by atoms with van der Waals surface area (Å²) in [6.45, 7) is 4.22. The van der Waals surface area contributed by atoms with Crippen molar-refractivity contribution in [2.75, 3.05) is 0 Å². The smallest absolute Gasteiger partial charge is 0.308 e. The van der Waals surface area contributed by atoms with Gasteiger partial charge in [0.25, 0.3) is 0 Å². The van der Waals surface area contributed by atoms with Crippen LogP contribution >= 0.6 is 0 Å². The van der Waals surface area contributed by atoms with E-state index in [1.165, 1.54) is 12.1 Å². The first-order valence-electron chi connectivity index (χ1n) is 10.5. The zero-order chi connectivity index (χ0) is 21.3. The standard InChI is InChI=1S/C25H26FNO3/c1-15(2)25-21(12-11-19-13-18(28)14-23(29)30-19)24(16-7-9-17(26)10-8-16)20-5-3-4-6-22(20)27-25/h3-10,15,18-19,28H,11-14H2,1-2H3/t18-,19-/m1/s1. The van der Waals surface area contributed by atoms with Crippen molar-refractivity contribution >= 4 is 16.9 Å². The highest BCUT2D eigenvalue weighted by Gasteiger charge is 2.28. The Balaban J connectivity index is 1.81. The van der Waals surface area contributed by atoms with Crippen molar-refractivity contribution in [3.63, 3.8) is 0 Å². The average Bonchev–Trinajstić information content (AvgIpc) is 2.71. The second kappa shape index (κ2) is 8.52. The SMILES string of the molecule is CC(C)c1nc2ccccc2c(-c2ccc(F)cc2)c1CC[C@@H]1C[C@@H](O)CC(=O)O1. The highest BCUT2D eigenvalue weighted by Crippen LogP contribution is 2.37. The van der Waals surface area contributed by atoms with Crippen molar-refractivity contribution in [2.24, 2.45) is 0 Å². The van der Waals surface area contributed by atoms with E-state index in [4.69, 9.17) is 9.72 Å². The lowest BCUT2D eigenvalue weighted by Crippen LogP contribution is -2.32. The second-order valence-electron chi connectivity index (χ2n) is 8.27. The van der Waals surface area contributed by atoms with Crippen molar-refractivity contribution in [2.45, 2.75) is 57.7 Å². The molecule has 2 heterocycles. The molecule has 0 saturated carbocycles. The summed E-state index contributed by atoms with van der Waals surface area (Å²) < 4.78 is 19.1. The van der Waals surface area contributed by atoms with Crippen LogP contribution in [0.25, 0.3) is 22.0 Å². The van der Waals surface area contributed by atoms with Gasteiger partial charge in [-0.15, -0.1) is 0 Å². The number of halogens is 1. The maximum Gasteiger partial charge on any atom is 0.308 e. The van der Waals surface area contributed by atoms with Gasteiger partial charge >= 0.3 is 5.97 Å². The van der Waals surface area contributed by atoms with Gasteiger partial charge in [0.2, 0.25) is 0 Å². The van der Waals surface area contributed by atoms with Crippen molar-refractivity contribution in [1.29, 1.82) is 0 Å². The van der Waals surface area contributed by atoms with Gasteiger partial charge in [-0.3, -0.25) is 9.78 Å². The molecular weight excluding hydrogens is 381 g/mol. The second-order valence-corrected chi connectivity index (χ2v) is 8.27. The number of nitrogens with zero attached hydrogens (tertiary/aromatic N) is 1. The highest BCUT2D eigenvalue weighted by atomic mass is 19.1. The van der Waals surface area contributed by atoms with Gasteiger partial charge in [-0.05, 0) is 53.6 Å². The van der Waals surface area contributed by atoms with Crippen LogP contribution in [0.15, 0.2) is 48.5 Å².